The highest BCUT2D eigenvalue weighted by atomic mass is 32.2. The molecule has 1 aliphatic rings. The van der Waals surface area contributed by atoms with Gasteiger partial charge in [-0.05, 0) is 25.3 Å². The Balaban J connectivity index is 2.10. The van der Waals surface area contributed by atoms with Crippen LogP contribution in [0.2, 0.25) is 0 Å². The average molecular weight is 254 g/mol. The Hall–Kier alpha value is -0.580. The van der Waals surface area contributed by atoms with E-state index in [1.54, 1.807) is 6.07 Å². The first-order valence-electron chi connectivity index (χ1n) is 5.90. The highest BCUT2D eigenvalue weighted by Crippen LogP contribution is 2.32. The Labute approximate surface area is 106 Å². The number of nitrogens with two attached hydrogens (primary N) is 1. The van der Waals surface area contributed by atoms with Crippen molar-refractivity contribution in [3.05, 3.63) is 35.6 Å². The molecule has 2 nitrogen and oxygen atoms in total. The minimum Gasteiger partial charge on any atom is -0.329 e. The smallest absolute Gasteiger partial charge is 0.127 e. The third kappa shape index (κ3) is 2.64. The van der Waals surface area contributed by atoms with Gasteiger partial charge in [0.2, 0.25) is 0 Å². The number of benzene rings is 1. The van der Waals surface area contributed by atoms with E-state index in [2.05, 4.69) is 4.90 Å². The van der Waals surface area contributed by atoms with E-state index in [4.69, 9.17) is 5.73 Å². The molecule has 4 heteroatoms. The van der Waals surface area contributed by atoms with Crippen LogP contribution in [0.4, 0.5) is 4.39 Å². The Bertz CT molecular complexity index is 377. The summed E-state index contributed by atoms with van der Waals surface area (Å²) in [6, 6.07) is 6.97. The number of likely N-dealkylation sites (N-methyl/N-ethyl adjacent to an activating group) is 1. The summed E-state index contributed by atoms with van der Waals surface area (Å²) in [7, 11) is 2.05. The van der Waals surface area contributed by atoms with E-state index in [1.807, 2.05) is 30.9 Å². The third-order valence-corrected chi connectivity index (χ3v) is 4.87. The minimum absolute atomic E-state index is 0.0486. The number of hydrogen-bond acceptors (Lipinski definition) is 3. The zero-order chi connectivity index (χ0) is 12.3. The topological polar surface area (TPSA) is 29.3 Å². The molecule has 1 aliphatic heterocycles. The molecule has 1 aromatic rings. The fourth-order valence-electron chi connectivity index (χ4n) is 2.26. The van der Waals surface area contributed by atoms with Crippen LogP contribution in [0.15, 0.2) is 24.3 Å². The fraction of sp³-hybridized carbons (Fsp3) is 0.538. The summed E-state index contributed by atoms with van der Waals surface area (Å²) >= 11 is 1.93. The summed E-state index contributed by atoms with van der Waals surface area (Å²) in [5.41, 5.74) is 6.71. The van der Waals surface area contributed by atoms with Gasteiger partial charge in [0, 0.05) is 29.9 Å². The Morgan fingerprint density at radius 2 is 2.24 bits per heavy atom. The lowest BCUT2D eigenvalue weighted by atomic mass is 9.96. The van der Waals surface area contributed by atoms with Crippen molar-refractivity contribution >= 4 is 11.8 Å². The molecule has 1 unspecified atom stereocenters. The summed E-state index contributed by atoms with van der Waals surface area (Å²) in [5.74, 6) is 2.07. The zero-order valence-electron chi connectivity index (χ0n) is 10.2. The molecule has 0 amide bonds. The van der Waals surface area contributed by atoms with E-state index in [9.17, 15) is 4.39 Å². The highest BCUT2D eigenvalue weighted by Gasteiger charge is 2.36. The maximum Gasteiger partial charge on any atom is 0.127 e. The predicted molar refractivity (Wildman–Crippen MR) is 71.6 cm³/mol. The van der Waals surface area contributed by atoms with Crippen LogP contribution in [0.5, 0.6) is 0 Å². The fourth-order valence-corrected chi connectivity index (χ4v) is 3.80. The van der Waals surface area contributed by atoms with Gasteiger partial charge in [-0.2, -0.15) is 11.8 Å². The average Bonchev–Trinajstić information content (AvgIpc) is 2.82. The van der Waals surface area contributed by atoms with Crippen molar-refractivity contribution in [3.8, 4) is 0 Å². The summed E-state index contributed by atoms with van der Waals surface area (Å²) in [5, 5.41) is 0. The molecule has 0 aliphatic carbocycles. The summed E-state index contributed by atoms with van der Waals surface area (Å²) < 4.78 is 13.6. The molecule has 1 fully saturated rings. The van der Waals surface area contributed by atoms with Gasteiger partial charge in [-0.3, -0.25) is 4.90 Å². The molecule has 1 atom stereocenters. The first kappa shape index (κ1) is 12.9. The van der Waals surface area contributed by atoms with E-state index in [0.29, 0.717) is 13.1 Å². The molecule has 0 radical (unpaired) electrons. The molecule has 2 rings (SSSR count). The molecule has 0 saturated carbocycles. The Morgan fingerprint density at radius 1 is 1.47 bits per heavy atom. The lowest BCUT2D eigenvalue weighted by molar-refractivity contribution is 0.142. The number of rotatable bonds is 4. The number of thioether (sulfide) groups is 1. The summed E-state index contributed by atoms with van der Waals surface area (Å²) in [4.78, 5) is 2.21. The van der Waals surface area contributed by atoms with E-state index in [1.165, 1.54) is 6.07 Å². The number of halogens is 1. The maximum atomic E-state index is 13.6. The van der Waals surface area contributed by atoms with Crippen LogP contribution in [-0.4, -0.2) is 35.5 Å². The van der Waals surface area contributed by atoms with Crippen LogP contribution in [0.25, 0.3) is 0 Å². The van der Waals surface area contributed by atoms with Crippen molar-refractivity contribution in [2.24, 2.45) is 5.73 Å². The largest absolute Gasteiger partial charge is 0.329 e. The molecular weight excluding hydrogens is 235 g/mol. The van der Waals surface area contributed by atoms with E-state index in [-0.39, 0.29) is 11.4 Å². The second-order valence-electron chi connectivity index (χ2n) is 4.68. The van der Waals surface area contributed by atoms with Gasteiger partial charge in [0.25, 0.3) is 0 Å². The molecule has 2 N–H and O–H groups in total. The van der Waals surface area contributed by atoms with Crippen molar-refractivity contribution in [2.75, 3.05) is 25.1 Å². The quantitative estimate of drug-likeness (QED) is 0.892. The molecule has 0 aromatic heterocycles. The van der Waals surface area contributed by atoms with Crippen molar-refractivity contribution in [1.82, 2.24) is 4.90 Å². The molecule has 0 bridgehead atoms. The summed E-state index contributed by atoms with van der Waals surface area (Å²) in [6.45, 7) is 1.27. The Morgan fingerprint density at radius 3 is 2.82 bits per heavy atom. The van der Waals surface area contributed by atoms with Crippen molar-refractivity contribution in [1.29, 1.82) is 0 Å². The van der Waals surface area contributed by atoms with E-state index in [0.717, 1.165) is 23.5 Å². The Kier molecular flexibility index (Phi) is 4.07. The second kappa shape index (κ2) is 5.38. The predicted octanol–water partition coefficient (Wildman–Crippen LogP) is 2.09. The number of nitrogens with zero attached hydrogens (tertiary/aromatic N) is 1. The van der Waals surface area contributed by atoms with Gasteiger partial charge >= 0.3 is 0 Å². The van der Waals surface area contributed by atoms with E-state index >= 15 is 0 Å². The van der Waals surface area contributed by atoms with Crippen LogP contribution >= 0.6 is 11.8 Å². The van der Waals surface area contributed by atoms with E-state index < -0.39 is 0 Å². The van der Waals surface area contributed by atoms with Gasteiger partial charge in [-0.1, -0.05) is 18.2 Å². The molecular formula is C13H19FN2S. The first-order valence-corrected chi connectivity index (χ1v) is 7.06. The van der Waals surface area contributed by atoms with Gasteiger partial charge in [0.05, 0.1) is 0 Å². The van der Waals surface area contributed by atoms with Crippen LogP contribution in [0, 0.1) is 5.82 Å². The molecule has 0 spiro atoms. The van der Waals surface area contributed by atoms with Crippen molar-refractivity contribution < 1.29 is 4.39 Å². The van der Waals surface area contributed by atoms with Crippen molar-refractivity contribution in [2.45, 2.75) is 18.5 Å². The van der Waals surface area contributed by atoms with Crippen LogP contribution in [0.1, 0.15) is 12.0 Å². The maximum absolute atomic E-state index is 13.6. The molecule has 94 valence electrons. The zero-order valence-corrected chi connectivity index (χ0v) is 11.0. The lowest BCUT2D eigenvalue weighted by Crippen LogP contribution is -2.51. The standard InChI is InChI=1S/C13H19FN2S/c1-16(13(9-15)6-7-17-10-13)8-11-4-2-3-5-12(11)14/h2-5H,6-10,15H2,1H3. The van der Waals surface area contributed by atoms with Crippen LogP contribution in [-0.2, 0) is 6.54 Å². The molecule has 1 aromatic carbocycles. The normalized spacial score (nSPS) is 24.5. The minimum atomic E-state index is -0.128. The summed E-state index contributed by atoms with van der Waals surface area (Å²) in [6.07, 6.45) is 1.10. The van der Waals surface area contributed by atoms with Crippen LogP contribution in [0.3, 0.4) is 0 Å². The number of hydrogen-bond donors (Lipinski definition) is 1. The second-order valence-corrected chi connectivity index (χ2v) is 5.78. The van der Waals surface area contributed by atoms with Crippen molar-refractivity contribution in [3.63, 3.8) is 0 Å². The molecule has 17 heavy (non-hydrogen) atoms. The third-order valence-electron chi connectivity index (χ3n) is 3.64. The van der Waals surface area contributed by atoms with Gasteiger partial charge in [0.15, 0.2) is 0 Å². The monoisotopic (exact) mass is 254 g/mol. The molecule has 1 heterocycles. The lowest BCUT2D eigenvalue weighted by Gasteiger charge is -2.37. The SMILES string of the molecule is CN(Cc1ccccc1F)C1(CN)CCSC1. The first-order chi connectivity index (χ1) is 8.18. The van der Waals surface area contributed by atoms with Gasteiger partial charge < -0.3 is 5.73 Å². The van der Waals surface area contributed by atoms with Gasteiger partial charge in [-0.25, -0.2) is 4.39 Å². The van der Waals surface area contributed by atoms with Gasteiger partial charge in [0.1, 0.15) is 5.82 Å². The highest BCUT2D eigenvalue weighted by molar-refractivity contribution is 7.99. The van der Waals surface area contributed by atoms with Gasteiger partial charge in [-0.15, -0.1) is 0 Å². The molecule has 1 saturated heterocycles. The van der Waals surface area contributed by atoms with Crippen LogP contribution < -0.4 is 5.73 Å².